The Hall–Kier alpha value is -2.28. The Kier molecular flexibility index (Phi) is 4.25. The molecule has 1 aromatic heterocycles. The minimum atomic E-state index is -0.298. The van der Waals surface area contributed by atoms with Gasteiger partial charge in [0.2, 0.25) is 17.6 Å². The van der Waals surface area contributed by atoms with Gasteiger partial charge in [-0.2, -0.15) is 4.98 Å². The molecule has 132 valence electrons. The zero-order chi connectivity index (χ0) is 17.4. The molecule has 7 heteroatoms. The van der Waals surface area contributed by atoms with Crippen molar-refractivity contribution in [2.24, 2.45) is 11.8 Å². The SMILES string of the molecule is Cc1ccc(-c2noc(CCC(=O)N3C[C@H]4CNC[C@H]4C3)n2)cc1F. The Morgan fingerprint density at radius 1 is 1.36 bits per heavy atom. The standard InChI is InChI=1S/C18H21FN4O2/c1-11-2-3-12(6-15(11)19)18-21-16(25-22-18)4-5-17(24)23-9-13-7-20-8-14(13)10-23/h2-3,6,13-14,20H,4-5,7-10H2,1H3/t13-,14+. The van der Waals surface area contributed by atoms with Crippen LogP contribution in [0.2, 0.25) is 0 Å². The van der Waals surface area contributed by atoms with Gasteiger partial charge in [-0.15, -0.1) is 0 Å². The van der Waals surface area contributed by atoms with Gasteiger partial charge in [0.15, 0.2) is 0 Å². The van der Waals surface area contributed by atoms with Crippen LogP contribution in [0.3, 0.4) is 0 Å². The number of aryl methyl sites for hydroxylation is 2. The van der Waals surface area contributed by atoms with Crippen molar-refractivity contribution in [3.63, 3.8) is 0 Å². The zero-order valence-corrected chi connectivity index (χ0v) is 14.2. The first-order chi connectivity index (χ1) is 12.1. The third-order valence-electron chi connectivity index (χ3n) is 5.19. The summed E-state index contributed by atoms with van der Waals surface area (Å²) in [6.45, 7) is 5.40. The van der Waals surface area contributed by atoms with Crippen LogP contribution in [0.1, 0.15) is 17.9 Å². The summed E-state index contributed by atoms with van der Waals surface area (Å²) in [4.78, 5) is 18.6. The van der Waals surface area contributed by atoms with Crippen molar-refractivity contribution in [2.75, 3.05) is 26.2 Å². The molecule has 0 unspecified atom stereocenters. The molecule has 1 N–H and O–H groups in total. The van der Waals surface area contributed by atoms with Crippen molar-refractivity contribution >= 4 is 5.91 Å². The molecule has 2 aliphatic heterocycles. The number of fused-ring (bicyclic) bond motifs is 1. The fourth-order valence-electron chi connectivity index (χ4n) is 3.64. The molecule has 0 saturated carbocycles. The molecule has 0 bridgehead atoms. The van der Waals surface area contributed by atoms with Gasteiger partial charge in [-0.1, -0.05) is 17.3 Å². The lowest BCUT2D eigenvalue weighted by molar-refractivity contribution is -0.130. The lowest BCUT2D eigenvalue weighted by atomic mass is 10.0. The minimum Gasteiger partial charge on any atom is -0.342 e. The van der Waals surface area contributed by atoms with E-state index in [4.69, 9.17) is 4.52 Å². The van der Waals surface area contributed by atoms with Crippen molar-refractivity contribution in [3.05, 3.63) is 35.5 Å². The first kappa shape index (κ1) is 16.2. The van der Waals surface area contributed by atoms with E-state index in [1.54, 1.807) is 19.1 Å². The molecule has 0 spiro atoms. The summed E-state index contributed by atoms with van der Waals surface area (Å²) in [5.74, 6) is 1.78. The summed E-state index contributed by atoms with van der Waals surface area (Å²) in [5, 5.41) is 7.26. The predicted molar refractivity (Wildman–Crippen MR) is 89.2 cm³/mol. The van der Waals surface area contributed by atoms with E-state index < -0.39 is 0 Å². The second-order valence-corrected chi connectivity index (χ2v) is 6.95. The van der Waals surface area contributed by atoms with E-state index in [1.807, 2.05) is 4.90 Å². The van der Waals surface area contributed by atoms with Gasteiger partial charge in [0.1, 0.15) is 5.82 Å². The molecule has 2 atom stereocenters. The summed E-state index contributed by atoms with van der Waals surface area (Å²) in [5.41, 5.74) is 1.15. The number of aromatic nitrogens is 2. The van der Waals surface area contributed by atoms with Crippen LogP contribution in [-0.4, -0.2) is 47.1 Å². The van der Waals surface area contributed by atoms with Crippen molar-refractivity contribution in [2.45, 2.75) is 19.8 Å². The number of amides is 1. The van der Waals surface area contributed by atoms with Crippen molar-refractivity contribution < 1.29 is 13.7 Å². The maximum Gasteiger partial charge on any atom is 0.227 e. The molecule has 1 amide bonds. The molecule has 6 nitrogen and oxygen atoms in total. The van der Waals surface area contributed by atoms with Crippen LogP contribution in [-0.2, 0) is 11.2 Å². The molecule has 3 heterocycles. The van der Waals surface area contributed by atoms with Gasteiger partial charge in [0, 0.05) is 44.6 Å². The monoisotopic (exact) mass is 344 g/mol. The normalized spacial score (nSPS) is 22.4. The van der Waals surface area contributed by atoms with E-state index in [1.165, 1.54) is 6.07 Å². The number of benzene rings is 1. The fraction of sp³-hybridized carbons (Fsp3) is 0.500. The fourth-order valence-corrected chi connectivity index (χ4v) is 3.64. The number of carbonyl (C=O) groups is 1. The second-order valence-electron chi connectivity index (χ2n) is 6.95. The molecular weight excluding hydrogens is 323 g/mol. The number of likely N-dealkylation sites (tertiary alicyclic amines) is 1. The first-order valence-electron chi connectivity index (χ1n) is 8.68. The summed E-state index contributed by atoms with van der Waals surface area (Å²) in [7, 11) is 0. The maximum absolute atomic E-state index is 13.7. The first-order valence-corrected chi connectivity index (χ1v) is 8.68. The smallest absolute Gasteiger partial charge is 0.227 e. The van der Waals surface area contributed by atoms with Gasteiger partial charge in [-0.05, 0) is 30.4 Å². The van der Waals surface area contributed by atoms with E-state index in [2.05, 4.69) is 15.5 Å². The summed E-state index contributed by atoms with van der Waals surface area (Å²) < 4.78 is 18.9. The topological polar surface area (TPSA) is 71.3 Å². The molecule has 2 aromatic rings. The number of rotatable bonds is 4. The third kappa shape index (κ3) is 3.28. The van der Waals surface area contributed by atoms with Crippen molar-refractivity contribution in [1.82, 2.24) is 20.4 Å². The molecule has 1 aromatic carbocycles. The molecule has 2 saturated heterocycles. The van der Waals surface area contributed by atoms with E-state index in [9.17, 15) is 9.18 Å². The molecule has 25 heavy (non-hydrogen) atoms. The lowest BCUT2D eigenvalue weighted by Gasteiger charge is -2.16. The highest BCUT2D eigenvalue weighted by atomic mass is 19.1. The van der Waals surface area contributed by atoms with Crippen molar-refractivity contribution in [3.8, 4) is 11.4 Å². The van der Waals surface area contributed by atoms with Crippen LogP contribution in [0.15, 0.2) is 22.7 Å². The zero-order valence-electron chi connectivity index (χ0n) is 14.2. The highest BCUT2D eigenvalue weighted by molar-refractivity contribution is 5.76. The number of hydrogen-bond donors (Lipinski definition) is 1. The number of nitrogens with one attached hydrogen (secondary N) is 1. The quantitative estimate of drug-likeness (QED) is 0.916. The maximum atomic E-state index is 13.7. The molecular formula is C18H21FN4O2. The van der Waals surface area contributed by atoms with E-state index in [0.29, 0.717) is 47.5 Å². The molecule has 4 rings (SSSR count). The number of hydrogen-bond acceptors (Lipinski definition) is 5. The van der Waals surface area contributed by atoms with Crippen LogP contribution in [0.4, 0.5) is 4.39 Å². The average Bonchev–Trinajstić information content (AvgIpc) is 3.30. The van der Waals surface area contributed by atoms with Gasteiger partial charge in [0.25, 0.3) is 0 Å². The summed E-state index contributed by atoms with van der Waals surface area (Å²) >= 11 is 0. The Morgan fingerprint density at radius 3 is 2.84 bits per heavy atom. The molecule has 2 aliphatic rings. The van der Waals surface area contributed by atoms with Crippen LogP contribution in [0.5, 0.6) is 0 Å². The van der Waals surface area contributed by atoms with Gasteiger partial charge in [-0.25, -0.2) is 4.39 Å². The number of carbonyl (C=O) groups excluding carboxylic acids is 1. The van der Waals surface area contributed by atoms with Gasteiger partial charge < -0.3 is 14.7 Å². The van der Waals surface area contributed by atoms with Gasteiger partial charge >= 0.3 is 0 Å². The molecule has 2 fully saturated rings. The highest BCUT2D eigenvalue weighted by Crippen LogP contribution is 2.27. The molecule has 0 radical (unpaired) electrons. The summed E-state index contributed by atoms with van der Waals surface area (Å²) in [6.07, 6.45) is 0.765. The predicted octanol–water partition coefficient (Wildman–Crippen LogP) is 1.79. The van der Waals surface area contributed by atoms with Crippen molar-refractivity contribution in [1.29, 1.82) is 0 Å². The van der Waals surface area contributed by atoms with E-state index >= 15 is 0 Å². The van der Waals surface area contributed by atoms with Crippen LogP contribution < -0.4 is 5.32 Å². The number of halogens is 1. The highest BCUT2D eigenvalue weighted by Gasteiger charge is 2.37. The largest absolute Gasteiger partial charge is 0.342 e. The lowest BCUT2D eigenvalue weighted by Crippen LogP contribution is -2.32. The van der Waals surface area contributed by atoms with E-state index in [-0.39, 0.29) is 11.7 Å². The van der Waals surface area contributed by atoms with E-state index in [0.717, 1.165) is 26.2 Å². The van der Waals surface area contributed by atoms with Gasteiger partial charge in [0.05, 0.1) is 0 Å². The van der Waals surface area contributed by atoms with Gasteiger partial charge in [-0.3, -0.25) is 4.79 Å². The average molecular weight is 344 g/mol. The Morgan fingerprint density at radius 2 is 2.12 bits per heavy atom. The Labute approximate surface area is 145 Å². The summed E-state index contributed by atoms with van der Waals surface area (Å²) in [6, 6.07) is 4.84. The Bertz CT molecular complexity index is 779. The minimum absolute atomic E-state index is 0.135. The number of nitrogens with zero attached hydrogens (tertiary/aromatic N) is 3. The van der Waals surface area contributed by atoms with Crippen LogP contribution in [0.25, 0.3) is 11.4 Å². The third-order valence-corrected chi connectivity index (χ3v) is 5.19. The Balaban J connectivity index is 1.35. The van der Waals surface area contributed by atoms with Crippen LogP contribution in [0, 0.1) is 24.6 Å². The second kappa shape index (κ2) is 6.55. The molecule has 0 aliphatic carbocycles. The van der Waals surface area contributed by atoms with Crippen LogP contribution >= 0.6 is 0 Å².